The lowest BCUT2D eigenvalue weighted by atomic mass is 10.1. The summed E-state index contributed by atoms with van der Waals surface area (Å²) in [5, 5.41) is 10.9. The van der Waals surface area contributed by atoms with E-state index in [1.807, 2.05) is 12.1 Å². The molecule has 0 spiro atoms. The molecule has 2 nitrogen and oxygen atoms in total. The van der Waals surface area contributed by atoms with Crippen LogP contribution in [0.4, 0.5) is 4.39 Å². The van der Waals surface area contributed by atoms with E-state index in [1.165, 1.54) is 10.9 Å². The van der Waals surface area contributed by atoms with Gasteiger partial charge in [0.1, 0.15) is 11.9 Å². The molecule has 0 aliphatic heterocycles. The van der Waals surface area contributed by atoms with Gasteiger partial charge in [0.2, 0.25) is 0 Å². The van der Waals surface area contributed by atoms with Crippen LogP contribution in [0.25, 0.3) is 0 Å². The summed E-state index contributed by atoms with van der Waals surface area (Å²) in [7, 11) is 0. The number of hydrogen-bond donors (Lipinski definition) is 0. The van der Waals surface area contributed by atoms with Crippen molar-refractivity contribution in [2.24, 2.45) is 0 Å². The molecular formula is C15H15FN2S. The minimum atomic E-state index is -0.451. The van der Waals surface area contributed by atoms with Crippen molar-refractivity contribution >= 4 is 11.3 Å². The van der Waals surface area contributed by atoms with Crippen LogP contribution in [0.3, 0.4) is 0 Å². The first-order chi connectivity index (χ1) is 9.22. The molecule has 0 radical (unpaired) electrons. The van der Waals surface area contributed by atoms with Gasteiger partial charge in [-0.3, -0.25) is 4.90 Å². The molecule has 0 atom stereocenters. The highest BCUT2D eigenvalue weighted by molar-refractivity contribution is 7.09. The molecule has 0 bridgehead atoms. The summed E-state index contributed by atoms with van der Waals surface area (Å²) in [6.45, 7) is 4.62. The first kappa shape index (κ1) is 13.7. The monoisotopic (exact) mass is 274 g/mol. The Morgan fingerprint density at radius 2 is 2.16 bits per heavy atom. The summed E-state index contributed by atoms with van der Waals surface area (Å²) in [4.78, 5) is 3.57. The third kappa shape index (κ3) is 3.63. The van der Waals surface area contributed by atoms with Crippen LogP contribution >= 0.6 is 11.3 Å². The summed E-state index contributed by atoms with van der Waals surface area (Å²) in [6.07, 6.45) is 0. The number of nitriles is 1. The zero-order valence-electron chi connectivity index (χ0n) is 10.8. The highest BCUT2D eigenvalue weighted by Gasteiger charge is 2.08. The summed E-state index contributed by atoms with van der Waals surface area (Å²) < 4.78 is 13.3. The Morgan fingerprint density at radius 1 is 1.32 bits per heavy atom. The van der Waals surface area contributed by atoms with E-state index < -0.39 is 5.82 Å². The molecule has 1 heterocycles. The molecule has 1 aromatic carbocycles. The van der Waals surface area contributed by atoms with Gasteiger partial charge in [-0.05, 0) is 35.7 Å². The Balaban J connectivity index is 2.08. The van der Waals surface area contributed by atoms with E-state index in [0.29, 0.717) is 0 Å². The Hall–Kier alpha value is -1.70. The van der Waals surface area contributed by atoms with Crippen LogP contribution in [0.1, 0.15) is 22.9 Å². The molecule has 0 amide bonds. The summed E-state index contributed by atoms with van der Waals surface area (Å²) in [5.74, 6) is -0.451. The van der Waals surface area contributed by atoms with Crippen molar-refractivity contribution in [3.63, 3.8) is 0 Å². The number of rotatable bonds is 5. The molecule has 2 rings (SSSR count). The molecule has 1 aromatic heterocycles. The number of thiophene rings is 1. The van der Waals surface area contributed by atoms with E-state index in [-0.39, 0.29) is 5.56 Å². The van der Waals surface area contributed by atoms with Crippen LogP contribution in [-0.4, -0.2) is 11.4 Å². The third-order valence-electron chi connectivity index (χ3n) is 2.96. The molecule has 19 heavy (non-hydrogen) atoms. The molecule has 0 saturated heterocycles. The summed E-state index contributed by atoms with van der Waals surface area (Å²) >= 11 is 1.73. The van der Waals surface area contributed by atoms with E-state index in [0.717, 1.165) is 25.2 Å². The van der Waals surface area contributed by atoms with E-state index in [1.54, 1.807) is 23.5 Å². The lowest BCUT2D eigenvalue weighted by Gasteiger charge is -2.19. The second-order valence-electron chi connectivity index (χ2n) is 4.31. The fraction of sp³-hybridized carbons (Fsp3) is 0.267. The van der Waals surface area contributed by atoms with Crippen molar-refractivity contribution in [1.82, 2.24) is 4.90 Å². The second-order valence-corrected chi connectivity index (χ2v) is 5.34. The average Bonchev–Trinajstić information content (AvgIpc) is 2.93. The van der Waals surface area contributed by atoms with Gasteiger partial charge < -0.3 is 0 Å². The van der Waals surface area contributed by atoms with Crippen LogP contribution in [0.15, 0.2) is 35.7 Å². The third-order valence-corrected chi connectivity index (χ3v) is 3.83. The molecule has 0 saturated carbocycles. The van der Waals surface area contributed by atoms with Gasteiger partial charge >= 0.3 is 0 Å². The predicted molar refractivity (Wildman–Crippen MR) is 75.2 cm³/mol. The van der Waals surface area contributed by atoms with Gasteiger partial charge in [0.05, 0.1) is 5.56 Å². The van der Waals surface area contributed by atoms with Crippen LogP contribution in [-0.2, 0) is 13.1 Å². The molecule has 98 valence electrons. The van der Waals surface area contributed by atoms with Crippen LogP contribution in [0.5, 0.6) is 0 Å². The molecule has 0 aliphatic rings. The van der Waals surface area contributed by atoms with Crippen LogP contribution in [0, 0.1) is 17.1 Å². The first-order valence-corrected chi connectivity index (χ1v) is 7.04. The van der Waals surface area contributed by atoms with E-state index in [2.05, 4.69) is 23.3 Å². The molecule has 0 fully saturated rings. The molecule has 2 aromatic rings. The zero-order chi connectivity index (χ0) is 13.7. The van der Waals surface area contributed by atoms with Crippen molar-refractivity contribution in [3.05, 3.63) is 57.5 Å². The van der Waals surface area contributed by atoms with Gasteiger partial charge in [-0.2, -0.15) is 5.26 Å². The zero-order valence-corrected chi connectivity index (χ0v) is 11.6. The van der Waals surface area contributed by atoms with Crippen LogP contribution in [0.2, 0.25) is 0 Å². The van der Waals surface area contributed by atoms with E-state index in [4.69, 9.17) is 5.26 Å². The van der Waals surface area contributed by atoms with E-state index >= 15 is 0 Å². The van der Waals surface area contributed by atoms with Gasteiger partial charge in [-0.25, -0.2) is 4.39 Å². The first-order valence-electron chi connectivity index (χ1n) is 6.16. The van der Waals surface area contributed by atoms with Crippen molar-refractivity contribution in [1.29, 1.82) is 5.26 Å². The topological polar surface area (TPSA) is 27.0 Å². The van der Waals surface area contributed by atoms with Crippen molar-refractivity contribution in [2.45, 2.75) is 20.0 Å². The number of halogens is 1. The maximum absolute atomic E-state index is 13.3. The Bertz CT molecular complexity index is 572. The average molecular weight is 274 g/mol. The van der Waals surface area contributed by atoms with Gasteiger partial charge in [0, 0.05) is 18.0 Å². The smallest absolute Gasteiger partial charge is 0.140 e. The Labute approximate surface area is 116 Å². The maximum Gasteiger partial charge on any atom is 0.140 e. The van der Waals surface area contributed by atoms with Gasteiger partial charge in [-0.15, -0.1) is 11.3 Å². The normalized spacial score (nSPS) is 10.6. The second kappa shape index (κ2) is 6.46. The molecule has 0 unspecified atom stereocenters. The maximum atomic E-state index is 13.3. The number of hydrogen-bond acceptors (Lipinski definition) is 3. The van der Waals surface area contributed by atoms with E-state index in [9.17, 15) is 4.39 Å². The largest absolute Gasteiger partial charge is 0.294 e. The van der Waals surface area contributed by atoms with Gasteiger partial charge in [0.15, 0.2) is 0 Å². The quantitative estimate of drug-likeness (QED) is 0.829. The lowest BCUT2D eigenvalue weighted by molar-refractivity contribution is 0.274. The standard InChI is InChI=1S/C15H15FN2S/c1-2-18(11-14-4-3-7-19-14)10-12-5-6-15(16)13(8-12)9-17/h3-8H,2,10-11H2,1H3. The Morgan fingerprint density at radius 3 is 2.79 bits per heavy atom. The number of nitrogens with zero attached hydrogens (tertiary/aromatic N) is 2. The lowest BCUT2D eigenvalue weighted by Crippen LogP contribution is -2.21. The van der Waals surface area contributed by atoms with Crippen molar-refractivity contribution < 1.29 is 4.39 Å². The summed E-state index contributed by atoms with van der Waals surface area (Å²) in [5.41, 5.74) is 1.08. The summed E-state index contributed by atoms with van der Waals surface area (Å²) in [6, 6.07) is 10.8. The molecular weight excluding hydrogens is 259 g/mol. The van der Waals surface area contributed by atoms with Crippen LogP contribution < -0.4 is 0 Å². The number of benzene rings is 1. The minimum absolute atomic E-state index is 0.115. The molecule has 4 heteroatoms. The highest BCUT2D eigenvalue weighted by atomic mass is 32.1. The minimum Gasteiger partial charge on any atom is -0.294 e. The van der Waals surface area contributed by atoms with Crippen molar-refractivity contribution in [2.75, 3.05) is 6.54 Å². The predicted octanol–water partition coefficient (Wildman–Crippen LogP) is 3.78. The fourth-order valence-electron chi connectivity index (χ4n) is 1.92. The highest BCUT2D eigenvalue weighted by Crippen LogP contribution is 2.16. The van der Waals surface area contributed by atoms with Gasteiger partial charge in [0.25, 0.3) is 0 Å². The fourth-order valence-corrected chi connectivity index (χ4v) is 2.66. The van der Waals surface area contributed by atoms with Crippen molar-refractivity contribution in [3.8, 4) is 6.07 Å². The van der Waals surface area contributed by atoms with Gasteiger partial charge in [-0.1, -0.05) is 19.1 Å². The molecule has 0 N–H and O–H groups in total. The Kier molecular flexibility index (Phi) is 4.67. The SMILES string of the molecule is CCN(Cc1ccc(F)c(C#N)c1)Cc1cccs1. The molecule has 0 aliphatic carbocycles.